The molecule has 1 aromatic heterocycles. The molecule has 0 radical (unpaired) electrons. The van der Waals surface area contributed by atoms with Crippen LogP contribution in [0.3, 0.4) is 0 Å². The highest BCUT2D eigenvalue weighted by molar-refractivity contribution is 5.90. The lowest BCUT2D eigenvalue weighted by atomic mass is 10.1. The molecule has 1 aliphatic heterocycles. The van der Waals surface area contributed by atoms with Gasteiger partial charge in [0.15, 0.2) is 0 Å². The molecule has 0 spiro atoms. The van der Waals surface area contributed by atoms with E-state index in [4.69, 9.17) is 9.15 Å². The van der Waals surface area contributed by atoms with Crippen molar-refractivity contribution in [2.24, 2.45) is 0 Å². The maximum atomic E-state index is 12.3. The second kappa shape index (κ2) is 8.18. The number of nitrogens with zero attached hydrogens (tertiary/aromatic N) is 1. The molecule has 2 heterocycles. The molecule has 3 rings (SSSR count). The molecular formula is C19H25N3O3. The monoisotopic (exact) mass is 343 g/mol. The van der Waals surface area contributed by atoms with Crippen molar-refractivity contribution in [3.63, 3.8) is 0 Å². The zero-order valence-electron chi connectivity index (χ0n) is 14.7. The minimum Gasteiger partial charge on any atom is -0.464 e. The van der Waals surface area contributed by atoms with Crippen molar-refractivity contribution >= 4 is 11.7 Å². The summed E-state index contributed by atoms with van der Waals surface area (Å²) in [6, 6.07) is 11.2. The van der Waals surface area contributed by atoms with E-state index in [1.807, 2.05) is 50.2 Å². The van der Waals surface area contributed by atoms with Gasteiger partial charge >= 0.3 is 6.03 Å². The van der Waals surface area contributed by atoms with Gasteiger partial charge in [-0.1, -0.05) is 18.2 Å². The average Bonchev–Trinajstić information content (AvgIpc) is 3.04. The van der Waals surface area contributed by atoms with Crippen molar-refractivity contribution in [3.05, 3.63) is 53.5 Å². The van der Waals surface area contributed by atoms with E-state index >= 15 is 0 Å². The number of amides is 2. The summed E-state index contributed by atoms with van der Waals surface area (Å²) < 4.78 is 10.9. The number of para-hydroxylation sites is 1. The van der Waals surface area contributed by atoms with Crippen LogP contribution in [0, 0.1) is 6.92 Å². The van der Waals surface area contributed by atoms with Crippen LogP contribution in [0.4, 0.5) is 10.5 Å². The molecule has 1 aromatic carbocycles. The van der Waals surface area contributed by atoms with Gasteiger partial charge < -0.3 is 19.8 Å². The molecule has 1 aliphatic rings. The third-order valence-electron chi connectivity index (χ3n) is 4.30. The Morgan fingerprint density at radius 2 is 1.96 bits per heavy atom. The molecule has 2 amide bonds. The molecule has 6 heteroatoms. The van der Waals surface area contributed by atoms with Crippen molar-refractivity contribution in [3.8, 4) is 0 Å². The van der Waals surface area contributed by atoms with Gasteiger partial charge in [0.2, 0.25) is 0 Å². The first-order valence-corrected chi connectivity index (χ1v) is 8.63. The number of morpholine rings is 1. The third kappa shape index (κ3) is 4.84. The minimum absolute atomic E-state index is 0.194. The predicted octanol–water partition coefficient (Wildman–Crippen LogP) is 3.30. The highest BCUT2D eigenvalue weighted by Crippen LogP contribution is 2.19. The first-order valence-electron chi connectivity index (χ1n) is 8.63. The summed E-state index contributed by atoms with van der Waals surface area (Å²) in [5.41, 5.74) is 1.93. The lowest BCUT2D eigenvalue weighted by Gasteiger charge is -2.27. The van der Waals surface area contributed by atoms with E-state index < -0.39 is 0 Å². The number of hydrogen-bond donors (Lipinski definition) is 2. The Morgan fingerprint density at radius 1 is 1.20 bits per heavy atom. The first kappa shape index (κ1) is 17.5. The van der Waals surface area contributed by atoms with Gasteiger partial charge in [-0.05, 0) is 37.6 Å². The van der Waals surface area contributed by atoms with E-state index in [9.17, 15) is 4.79 Å². The van der Waals surface area contributed by atoms with Gasteiger partial charge in [-0.3, -0.25) is 4.90 Å². The summed E-state index contributed by atoms with van der Waals surface area (Å²) in [5.74, 6) is 1.58. The SMILES string of the molecule is Cc1ccc([C@@H](C)NC(=O)Nc2ccccc2CN2CCOCC2)o1. The van der Waals surface area contributed by atoms with Crippen LogP contribution in [0.25, 0.3) is 0 Å². The van der Waals surface area contributed by atoms with Crippen LogP contribution < -0.4 is 10.6 Å². The molecule has 1 saturated heterocycles. The number of rotatable bonds is 5. The van der Waals surface area contributed by atoms with Crippen molar-refractivity contribution in [1.82, 2.24) is 10.2 Å². The van der Waals surface area contributed by atoms with Crippen molar-refractivity contribution in [1.29, 1.82) is 0 Å². The molecule has 0 saturated carbocycles. The summed E-state index contributed by atoms with van der Waals surface area (Å²) in [6.07, 6.45) is 0. The zero-order valence-corrected chi connectivity index (χ0v) is 14.7. The van der Waals surface area contributed by atoms with Gasteiger partial charge in [-0.25, -0.2) is 4.79 Å². The van der Waals surface area contributed by atoms with Gasteiger partial charge in [-0.15, -0.1) is 0 Å². The molecular weight excluding hydrogens is 318 g/mol. The fourth-order valence-electron chi connectivity index (χ4n) is 2.89. The Kier molecular flexibility index (Phi) is 5.73. The van der Waals surface area contributed by atoms with Gasteiger partial charge in [0.05, 0.1) is 19.3 Å². The van der Waals surface area contributed by atoms with Gasteiger partial charge in [-0.2, -0.15) is 0 Å². The molecule has 25 heavy (non-hydrogen) atoms. The van der Waals surface area contributed by atoms with E-state index in [1.54, 1.807) is 0 Å². The summed E-state index contributed by atoms with van der Waals surface area (Å²) in [6.45, 7) is 7.93. The van der Waals surface area contributed by atoms with E-state index in [1.165, 1.54) is 0 Å². The van der Waals surface area contributed by atoms with Crippen LogP contribution in [0.1, 0.15) is 30.0 Å². The van der Waals surface area contributed by atoms with Gasteiger partial charge in [0.1, 0.15) is 11.5 Å². The van der Waals surface area contributed by atoms with Crippen LogP contribution in [0.2, 0.25) is 0 Å². The molecule has 1 fully saturated rings. The number of urea groups is 1. The van der Waals surface area contributed by atoms with Crippen LogP contribution in [-0.2, 0) is 11.3 Å². The summed E-state index contributed by atoms with van der Waals surface area (Å²) in [5, 5.41) is 5.87. The summed E-state index contributed by atoms with van der Waals surface area (Å²) >= 11 is 0. The zero-order chi connectivity index (χ0) is 17.6. The van der Waals surface area contributed by atoms with Crippen LogP contribution in [0.5, 0.6) is 0 Å². The fraction of sp³-hybridized carbons (Fsp3) is 0.421. The highest BCUT2D eigenvalue weighted by Gasteiger charge is 2.16. The van der Waals surface area contributed by atoms with Crippen LogP contribution in [-0.4, -0.2) is 37.2 Å². The Bertz CT molecular complexity index is 707. The number of benzene rings is 1. The number of carbonyl (C=O) groups is 1. The molecule has 134 valence electrons. The van der Waals surface area contributed by atoms with Gasteiger partial charge in [0.25, 0.3) is 0 Å². The fourth-order valence-corrected chi connectivity index (χ4v) is 2.89. The average molecular weight is 343 g/mol. The van der Waals surface area contributed by atoms with Crippen molar-refractivity contribution in [2.75, 3.05) is 31.6 Å². The van der Waals surface area contributed by atoms with E-state index in [0.717, 1.165) is 55.6 Å². The number of anilines is 1. The number of furan rings is 1. The second-order valence-corrected chi connectivity index (χ2v) is 6.31. The largest absolute Gasteiger partial charge is 0.464 e. The summed E-state index contributed by atoms with van der Waals surface area (Å²) in [4.78, 5) is 14.7. The Balaban J connectivity index is 1.60. The van der Waals surface area contributed by atoms with E-state index in [-0.39, 0.29) is 12.1 Å². The molecule has 0 unspecified atom stereocenters. The molecule has 2 aromatic rings. The standard InChI is InChI=1S/C19H25N3O3/c1-14-7-8-18(25-14)15(2)20-19(23)21-17-6-4-3-5-16(17)13-22-9-11-24-12-10-22/h3-8,15H,9-13H2,1-2H3,(H2,20,21,23)/t15-/m1/s1. The number of hydrogen-bond acceptors (Lipinski definition) is 4. The number of aryl methyl sites for hydroxylation is 1. The van der Waals surface area contributed by atoms with Crippen LogP contribution in [0.15, 0.2) is 40.8 Å². The molecule has 0 aliphatic carbocycles. The number of ether oxygens (including phenoxy) is 1. The Morgan fingerprint density at radius 3 is 2.68 bits per heavy atom. The van der Waals surface area contributed by atoms with E-state index in [2.05, 4.69) is 15.5 Å². The van der Waals surface area contributed by atoms with Crippen molar-refractivity contribution < 1.29 is 13.9 Å². The smallest absolute Gasteiger partial charge is 0.319 e. The molecule has 6 nitrogen and oxygen atoms in total. The molecule has 1 atom stereocenters. The quantitative estimate of drug-likeness (QED) is 0.874. The minimum atomic E-state index is -0.240. The third-order valence-corrected chi connectivity index (χ3v) is 4.30. The van der Waals surface area contributed by atoms with E-state index in [0.29, 0.717) is 0 Å². The topological polar surface area (TPSA) is 66.7 Å². The number of nitrogens with one attached hydrogen (secondary N) is 2. The normalized spacial score (nSPS) is 16.4. The maximum absolute atomic E-state index is 12.3. The van der Waals surface area contributed by atoms with Crippen molar-refractivity contribution in [2.45, 2.75) is 26.4 Å². The lowest BCUT2D eigenvalue weighted by Crippen LogP contribution is -2.36. The maximum Gasteiger partial charge on any atom is 0.319 e. The van der Waals surface area contributed by atoms with Gasteiger partial charge in [0, 0.05) is 25.3 Å². The Hall–Kier alpha value is -2.31. The molecule has 0 bridgehead atoms. The Labute approximate surface area is 148 Å². The highest BCUT2D eigenvalue weighted by atomic mass is 16.5. The lowest BCUT2D eigenvalue weighted by molar-refractivity contribution is 0.0343. The summed E-state index contributed by atoms with van der Waals surface area (Å²) in [7, 11) is 0. The van der Waals surface area contributed by atoms with Crippen LogP contribution >= 0.6 is 0 Å². The molecule has 2 N–H and O–H groups in total. The first-order chi connectivity index (χ1) is 12.1. The number of carbonyl (C=O) groups excluding carboxylic acids is 1. The second-order valence-electron chi connectivity index (χ2n) is 6.31. The predicted molar refractivity (Wildman–Crippen MR) is 96.6 cm³/mol.